The van der Waals surface area contributed by atoms with Crippen molar-refractivity contribution in [2.75, 3.05) is 0 Å². The van der Waals surface area contributed by atoms with Gasteiger partial charge in [-0.25, -0.2) is 0 Å². The Morgan fingerprint density at radius 2 is 0.653 bits per heavy atom. The molecule has 0 aliphatic heterocycles. The number of rotatable bonds is 16. The number of hydrogen-bond donors (Lipinski definition) is 0. The molecule has 4 fully saturated rings. The molecular weight excluding hydrogens is 933 g/mol. The minimum absolute atomic E-state index is 0.0625. The second-order valence-electron chi connectivity index (χ2n) is 25.0. The van der Waals surface area contributed by atoms with Crippen molar-refractivity contribution in [2.24, 2.45) is 21.7 Å². The Bertz CT molecular complexity index is 2260. The lowest BCUT2D eigenvalue weighted by Crippen LogP contribution is -2.39. The Labute approximate surface area is 455 Å². The molecule has 0 N–H and O–H groups in total. The van der Waals surface area contributed by atoms with Crippen LogP contribution in [-0.4, -0.2) is 29.5 Å². The van der Waals surface area contributed by atoms with E-state index in [4.69, 9.17) is 18.9 Å². The summed E-state index contributed by atoms with van der Waals surface area (Å²) in [7, 11) is 0. The highest BCUT2D eigenvalue weighted by atomic mass is 16.6. The number of esters is 4. The third-order valence-corrected chi connectivity index (χ3v) is 17.7. The molecule has 416 valence electrons. The van der Waals surface area contributed by atoms with Crippen LogP contribution in [0.5, 0.6) is 0 Å². The molecule has 4 aliphatic carbocycles. The van der Waals surface area contributed by atoms with Crippen molar-refractivity contribution < 1.29 is 38.1 Å². The van der Waals surface area contributed by atoms with Gasteiger partial charge in [-0.3, -0.25) is 19.2 Å². The van der Waals surface area contributed by atoms with Crippen LogP contribution in [0, 0.1) is 35.5 Å². The summed E-state index contributed by atoms with van der Waals surface area (Å²) in [6.07, 6.45) is 22.9. The van der Waals surface area contributed by atoms with Crippen molar-refractivity contribution in [2.45, 2.75) is 254 Å². The average molecular weight is 1030 g/mol. The minimum atomic E-state index is -0.408. The zero-order chi connectivity index (χ0) is 55.8. The van der Waals surface area contributed by atoms with Gasteiger partial charge < -0.3 is 18.9 Å². The molecular formula is C67H100O8. The van der Waals surface area contributed by atoms with Crippen molar-refractivity contribution in [1.29, 1.82) is 0 Å². The zero-order valence-corrected chi connectivity index (χ0v) is 49.4. The molecule has 3 aromatic carbocycles. The summed E-state index contributed by atoms with van der Waals surface area (Å²) in [5.74, 6) is -0.289. The summed E-state index contributed by atoms with van der Waals surface area (Å²) in [4.78, 5) is 49.4. The smallest absolute Gasteiger partial charge is 0.312 e. The highest BCUT2D eigenvalue weighted by molar-refractivity contribution is 5.78. The average Bonchev–Trinajstić information content (AvgIpc) is 4.21. The summed E-state index contributed by atoms with van der Waals surface area (Å²) in [6.45, 7) is 31.8. The molecule has 7 rings (SSSR count). The van der Waals surface area contributed by atoms with Gasteiger partial charge in [-0.05, 0) is 220 Å². The molecule has 8 nitrogen and oxygen atoms in total. The van der Waals surface area contributed by atoms with Gasteiger partial charge in [0.2, 0.25) is 0 Å². The van der Waals surface area contributed by atoms with E-state index in [0.29, 0.717) is 0 Å². The SMILES string of the molecule is C=CC1(OC(=O)C(C)(C)CC)CCCC1.CCC(C)(C)C(=O)OC1(c2ccc(C)cc2)CCCC1.CCC(C)(C)C(=O)OC1(c2ccc(C)cc2)CCCCC1.CCC(C)(C)C(=O)OC1(c2ccccc2)CCCC1. The number of carbonyl (C=O) groups is 4. The van der Waals surface area contributed by atoms with Crippen LogP contribution in [0.3, 0.4) is 0 Å². The quantitative estimate of drug-likeness (QED) is 0.0794. The van der Waals surface area contributed by atoms with Crippen LogP contribution in [0.1, 0.15) is 246 Å². The fourth-order valence-corrected chi connectivity index (χ4v) is 9.99. The van der Waals surface area contributed by atoms with Crippen LogP contribution in [-0.2, 0) is 54.9 Å². The van der Waals surface area contributed by atoms with Crippen molar-refractivity contribution >= 4 is 23.9 Å². The first kappa shape index (κ1) is 62.8. The van der Waals surface area contributed by atoms with Crippen LogP contribution in [0.2, 0.25) is 0 Å². The van der Waals surface area contributed by atoms with E-state index >= 15 is 0 Å². The Hall–Kier alpha value is -4.72. The summed E-state index contributed by atoms with van der Waals surface area (Å²) in [5, 5.41) is 0. The first-order valence-corrected chi connectivity index (χ1v) is 29.0. The van der Waals surface area contributed by atoms with Gasteiger partial charge in [-0.2, -0.15) is 0 Å². The molecule has 8 heteroatoms. The summed E-state index contributed by atoms with van der Waals surface area (Å²) < 4.78 is 23.8. The number of ether oxygens (including phenoxy) is 4. The predicted octanol–water partition coefficient (Wildman–Crippen LogP) is 17.8. The zero-order valence-electron chi connectivity index (χ0n) is 49.4. The molecule has 0 bridgehead atoms. The second-order valence-corrected chi connectivity index (χ2v) is 25.0. The molecule has 0 unspecified atom stereocenters. The Kier molecular flexibility index (Phi) is 22.7. The van der Waals surface area contributed by atoms with Crippen LogP contribution in [0.25, 0.3) is 0 Å². The second kappa shape index (κ2) is 27.0. The molecule has 4 aliphatic rings. The van der Waals surface area contributed by atoms with Crippen LogP contribution in [0.4, 0.5) is 0 Å². The maximum Gasteiger partial charge on any atom is 0.312 e. The van der Waals surface area contributed by atoms with Crippen LogP contribution in [0.15, 0.2) is 91.5 Å². The molecule has 0 aromatic heterocycles. The van der Waals surface area contributed by atoms with Gasteiger partial charge in [0.05, 0.1) is 21.7 Å². The fraction of sp³-hybridized carbons (Fsp3) is 0.642. The predicted molar refractivity (Wildman–Crippen MR) is 306 cm³/mol. The summed E-state index contributed by atoms with van der Waals surface area (Å²) >= 11 is 0. The van der Waals surface area contributed by atoms with E-state index in [0.717, 1.165) is 145 Å². The third kappa shape index (κ3) is 16.6. The maximum atomic E-state index is 12.6. The Morgan fingerprint density at radius 1 is 0.400 bits per heavy atom. The molecule has 0 heterocycles. The Balaban J connectivity index is 0.000000218. The number of carbonyl (C=O) groups excluding carboxylic acids is 4. The minimum Gasteiger partial charge on any atom is -0.454 e. The highest BCUT2D eigenvalue weighted by Gasteiger charge is 2.45. The molecule has 0 radical (unpaired) electrons. The molecule has 75 heavy (non-hydrogen) atoms. The first-order chi connectivity index (χ1) is 35.2. The topological polar surface area (TPSA) is 105 Å². The van der Waals surface area contributed by atoms with Crippen molar-refractivity contribution in [1.82, 2.24) is 0 Å². The molecule has 0 amide bonds. The van der Waals surface area contributed by atoms with Crippen LogP contribution < -0.4 is 0 Å². The highest BCUT2D eigenvalue weighted by Crippen LogP contribution is 2.46. The van der Waals surface area contributed by atoms with E-state index in [1.54, 1.807) is 0 Å². The van der Waals surface area contributed by atoms with Gasteiger partial charge in [0.1, 0.15) is 22.4 Å². The Morgan fingerprint density at radius 3 is 0.933 bits per heavy atom. The maximum absolute atomic E-state index is 12.6. The fourth-order valence-electron chi connectivity index (χ4n) is 9.99. The largest absolute Gasteiger partial charge is 0.454 e. The van der Waals surface area contributed by atoms with Crippen molar-refractivity contribution in [3.8, 4) is 0 Å². The molecule has 0 atom stereocenters. The third-order valence-electron chi connectivity index (χ3n) is 17.7. The normalized spacial score (nSPS) is 18.5. The van der Waals surface area contributed by atoms with E-state index < -0.39 is 27.4 Å². The van der Waals surface area contributed by atoms with E-state index in [-0.39, 0.29) is 40.5 Å². The lowest BCUT2D eigenvalue weighted by molar-refractivity contribution is -0.176. The van der Waals surface area contributed by atoms with E-state index in [9.17, 15) is 19.2 Å². The number of aryl methyl sites for hydroxylation is 2. The van der Waals surface area contributed by atoms with Gasteiger partial charge in [0.15, 0.2) is 0 Å². The lowest BCUT2D eigenvalue weighted by Gasteiger charge is -2.39. The molecule has 3 aromatic rings. The number of benzene rings is 3. The molecule has 4 saturated carbocycles. The lowest BCUT2D eigenvalue weighted by atomic mass is 9.78. The monoisotopic (exact) mass is 1030 g/mol. The van der Waals surface area contributed by atoms with E-state index in [2.05, 4.69) is 81.1 Å². The van der Waals surface area contributed by atoms with Gasteiger partial charge in [0, 0.05) is 0 Å². The molecule has 0 saturated heterocycles. The van der Waals surface area contributed by atoms with Crippen LogP contribution >= 0.6 is 0 Å². The van der Waals surface area contributed by atoms with Crippen molar-refractivity contribution in [3.63, 3.8) is 0 Å². The standard InChI is InChI=1S/C19H28O2.C18H26O2.C17H24O2.C13H22O2/c1-5-18(3,4)17(20)21-19(13-7-6-8-14-19)16-11-9-15(2)10-12-16;1-5-17(3,4)16(19)20-18(12-6-7-13-18)15-10-8-14(2)9-11-15;1-4-16(2,3)15(18)19-17(12-8-9-13-17)14-10-6-5-7-11-14;1-5-12(3,4)11(14)15-13(6-2)9-7-8-10-13/h9-12H,5-8,13-14H2,1-4H3;8-11H,5-7,12-13H2,1-4H3;5-7,10-11H,4,8-9,12-13H2,1-3H3;6H,2,5,7-10H2,1,3-4H3. The van der Waals surface area contributed by atoms with Gasteiger partial charge in [-0.15, -0.1) is 0 Å². The summed E-state index contributed by atoms with van der Waals surface area (Å²) in [6, 6.07) is 27.2. The van der Waals surface area contributed by atoms with Gasteiger partial charge >= 0.3 is 23.9 Å². The molecule has 0 spiro atoms. The first-order valence-electron chi connectivity index (χ1n) is 29.0. The van der Waals surface area contributed by atoms with Gasteiger partial charge in [0.25, 0.3) is 0 Å². The van der Waals surface area contributed by atoms with Gasteiger partial charge in [-0.1, -0.05) is 131 Å². The van der Waals surface area contributed by atoms with Crippen molar-refractivity contribution in [3.05, 3.63) is 119 Å². The van der Waals surface area contributed by atoms with E-state index in [1.165, 1.54) is 17.5 Å². The summed E-state index contributed by atoms with van der Waals surface area (Å²) in [5.41, 5.74) is 2.80. The number of hydrogen-bond acceptors (Lipinski definition) is 8. The van der Waals surface area contributed by atoms with E-state index in [1.807, 2.05) is 107 Å².